The van der Waals surface area contributed by atoms with E-state index >= 15 is 0 Å². The van der Waals surface area contributed by atoms with Gasteiger partial charge in [-0.05, 0) is 52.0 Å². The van der Waals surface area contributed by atoms with E-state index in [1.807, 2.05) is 24.3 Å². The van der Waals surface area contributed by atoms with Crippen molar-refractivity contribution in [3.63, 3.8) is 0 Å². The van der Waals surface area contributed by atoms with Crippen LogP contribution in [0.15, 0.2) is 24.3 Å². The van der Waals surface area contributed by atoms with Gasteiger partial charge in [0.15, 0.2) is 0 Å². The molecular weight excluding hydrogens is 210 g/mol. The minimum atomic E-state index is 0.800. The fourth-order valence-corrected chi connectivity index (χ4v) is 1.71. The van der Waals surface area contributed by atoms with Gasteiger partial charge < -0.3 is 9.64 Å². The molecule has 1 rings (SSSR count). The van der Waals surface area contributed by atoms with Gasteiger partial charge >= 0.3 is 0 Å². The second-order valence-corrected chi connectivity index (χ2v) is 4.67. The van der Waals surface area contributed by atoms with Crippen molar-refractivity contribution in [1.29, 1.82) is 0 Å². The summed E-state index contributed by atoms with van der Waals surface area (Å²) >= 11 is 0. The molecular formula is C15H24NO. The van der Waals surface area contributed by atoms with Gasteiger partial charge in [-0.2, -0.15) is 0 Å². The number of para-hydroxylation sites is 1. The molecule has 0 aliphatic heterocycles. The van der Waals surface area contributed by atoms with Crippen molar-refractivity contribution in [1.82, 2.24) is 4.90 Å². The van der Waals surface area contributed by atoms with Crippen LogP contribution in [0.1, 0.15) is 31.2 Å². The van der Waals surface area contributed by atoms with Crippen molar-refractivity contribution in [3.05, 3.63) is 36.8 Å². The van der Waals surface area contributed by atoms with E-state index in [2.05, 4.69) is 25.9 Å². The lowest BCUT2D eigenvalue weighted by Gasteiger charge is -2.10. The Kier molecular flexibility index (Phi) is 6.71. The fraction of sp³-hybridized carbons (Fsp3) is 0.533. The van der Waals surface area contributed by atoms with Crippen LogP contribution in [0.4, 0.5) is 0 Å². The van der Waals surface area contributed by atoms with Crippen LogP contribution in [0.5, 0.6) is 5.75 Å². The first-order chi connectivity index (χ1) is 8.20. The summed E-state index contributed by atoms with van der Waals surface area (Å²) in [6, 6.07) is 7.93. The first kappa shape index (κ1) is 14.0. The van der Waals surface area contributed by atoms with Gasteiger partial charge in [-0.25, -0.2) is 0 Å². The van der Waals surface area contributed by atoms with Crippen LogP contribution < -0.4 is 4.74 Å². The Morgan fingerprint density at radius 3 is 2.47 bits per heavy atom. The molecule has 1 radical (unpaired) electrons. The molecule has 0 fully saturated rings. The Labute approximate surface area is 106 Å². The Morgan fingerprint density at radius 2 is 1.76 bits per heavy atom. The zero-order chi connectivity index (χ0) is 12.5. The predicted octanol–water partition coefficient (Wildman–Crippen LogP) is 3.37. The van der Waals surface area contributed by atoms with Crippen LogP contribution in [0.3, 0.4) is 0 Å². The molecule has 0 N–H and O–H groups in total. The third-order valence-corrected chi connectivity index (χ3v) is 2.73. The maximum atomic E-state index is 5.69. The molecule has 0 saturated heterocycles. The standard InChI is InChI=1S/C15H24NO/c1-14-10-6-7-11-15(14)17-13-9-5-4-8-12-16(2)3/h6-7,10-11H,1,4-5,8-9,12-13H2,2-3H3. The predicted molar refractivity (Wildman–Crippen MR) is 73.4 cm³/mol. The molecule has 0 aromatic heterocycles. The second kappa shape index (κ2) is 8.13. The topological polar surface area (TPSA) is 12.5 Å². The van der Waals surface area contributed by atoms with Crippen molar-refractivity contribution >= 4 is 0 Å². The zero-order valence-electron chi connectivity index (χ0n) is 11.1. The second-order valence-electron chi connectivity index (χ2n) is 4.67. The lowest BCUT2D eigenvalue weighted by atomic mass is 10.2. The van der Waals surface area contributed by atoms with Crippen molar-refractivity contribution in [3.8, 4) is 5.75 Å². The van der Waals surface area contributed by atoms with Crippen LogP contribution in [0, 0.1) is 6.92 Å². The first-order valence-electron chi connectivity index (χ1n) is 6.38. The average Bonchev–Trinajstić information content (AvgIpc) is 2.30. The van der Waals surface area contributed by atoms with E-state index in [9.17, 15) is 0 Å². The summed E-state index contributed by atoms with van der Waals surface area (Å²) in [6.07, 6.45) is 4.93. The Hall–Kier alpha value is -1.02. The number of benzene rings is 1. The maximum absolute atomic E-state index is 5.69. The van der Waals surface area contributed by atoms with E-state index in [-0.39, 0.29) is 0 Å². The molecule has 0 saturated carbocycles. The number of nitrogens with zero attached hydrogens (tertiary/aromatic N) is 1. The van der Waals surface area contributed by atoms with Gasteiger partial charge in [-0.15, -0.1) is 0 Å². The molecule has 0 atom stereocenters. The number of ether oxygens (including phenoxy) is 1. The highest BCUT2D eigenvalue weighted by molar-refractivity contribution is 5.35. The maximum Gasteiger partial charge on any atom is 0.122 e. The van der Waals surface area contributed by atoms with Crippen LogP contribution in [0.2, 0.25) is 0 Å². The molecule has 0 spiro atoms. The normalized spacial score (nSPS) is 10.8. The summed E-state index contributed by atoms with van der Waals surface area (Å²) in [4.78, 5) is 2.23. The van der Waals surface area contributed by atoms with Gasteiger partial charge in [0, 0.05) is 0 Å². The quantitative estimate of drug-likeness (QED) is 0.639. The zero-order valence-corrected chi connectivity index (χ0v) is 11.1. The SMILES string of the molecule is [CH2]c1ccccc1OCCCCCCN(C)C. The Morgan fingerprint density at radius 1 is 1.06 bits per heavy atom. The molecule has 95 valence electrons. The fourth-order valence-electron chi connectivity index (χ4n) is 1.71. The highest BCUT2D eigenvalue weighted by Gasteiger charge is 1.97. The molecule has 0 amide bonds. The summed E-state index contributed by atoms with van der Waals surface area (Å²) in [5, 5.41) is 0. The molecule has 17 heavy (non-hydrogen) atoms. The first-order valence-corrected chi connectivity index (χ1v) is 6.38. The molecule has 2 nitrogen and oxygen atoms in total. The van der Waals surface area contributed by atoms with E-state index in [1.54, 1.807) is 0 Å². The van der Waals surface area contributed by atoms with Crippen molar-refractivity contribution in [2.45, 2.75) is 25.7 Å². The lowest BCUT2D eigenvalue weighted by Crippen LogP contribution is -2.12. The van der Waals surface area contributed by atoms with E-state index in [0.29, 0.717) is 0 Å². The summed E-state index contributed by atoms with van der Waals surface area (Å²) in [5.74, 6) is 0.917. The molecule has 0 heterocycles. The summed E-state index contributed by atoms with van der Waals surface area (Å²) in [6.45, 7) is 5.92. The van der Waals surface area contributed by atoms with E-state index in [0.717, 1.165) is 24.3 Å². The van der Waals surface area contributed by atoms with Crippen LogP contribution in [0.25, 0.3) is 0 Å². The van der Waals surface area contributed by atoms with Crippen molar-refractivity contribution in [2.24, 2.45) is 0 Å². The van der Waals surface area contributed by atoms with E-state index in [4.69, 9.17) is 4.74 Å². The Bertz CT molecular complexity index is 310. The average molecular weight is 234 g/mol. The molecule has 0 bridgehead atoms. The van der Waals surface area contributed by atoms with Gasteiger partial charge in [0.1, 0.15) is 5.75 Å². The highest BCUT2D eigenvalue weighted by atomic mass is 16.5. The van der Waals surface area contributed by atoms with E-state index < -0.39 is 0 Å². The third kappa shape index (κ3) is 6.32. The largest absolute Gasteiger partial charge is 0.493 e. The number of unbranched alkanes of at least 4 members (excludes halogenated alkanes) is 3. The Balaban J connectivity index is 2.03. The van der Waals surface area contributed by atoms with Gasteiger partial charge in [0.25, 0.3) is 0 Å². The van der Waals surface area contributed by atoms with Crippen molar-refractivity contribution in [2.75, 3.05) is 27.2 Å². The lowest BCUT2D eigenvalue weighted by molar-refractivity contribution is 0.301. The smallest absolute Gasteiger partial charge is 0.122 e. The number of hydrogen-bond donors (Lipinski definition) is 0. The summed E-state index contributed by atoms with van der Waals surface area (Å²) in [5.41, 5.74) is 0.972. The van der Waals surface area contributed by atoms with E-state index in [1.165, 1.54) is 25.8 Å². The highest BCUT2D eigenvalue weighted by Crippen LogP contribution is 2.16. The monoisotopic (exact) mass is 234 g/mol. The number of rotatable bonds is 8. The van der Waals surface area contributed by atoms with Crippen LogP contribution in [-0.2, 0) is 0 Å². The van der Waals surface area contributed by atoms with Crippen LogP contribution in [-0.4, -0.2) is 32.1 Å². The van der Waals surface area contributed by atoms with Gasteiger partial charge in [0.2, 0.25) is 0 Å². The molecule has 0 unspecified atom stereocenters. The third-order valence-electron chi connectivity index (χ3n) is 2.73. The van der Waals surface area contributed by atoms with Gasteiger partial charge in [0.05, 0.1) is 6.61 Å². The molecule has 0 aliphatic rings. The number of hydrogen-bond acceptors (Lipinski definition) is 2. The minimum Gasteiger partial charge on any atom is -0.493 e. The molecule has 0 aliphatic carbocycles. The van der Waals surface area contributed by atoms with Crippen molar-refractivity contribution < 1.29 is 4.74 Å². The van der Waals surface area contributed by atoms with Gasteiger partial charge in [-0.3, -0.25) is 0 Å². The molecule has 1 aromatic carbocycles. The minimum absolute atomic E-state index is 0.800. The summed E-state index contributed by atoms with van der Waals surface area (Å²) < 4.78 is 5.69. The van der Waals surface area contributed by atoms with Crippen LogP contribution >= 0.6 is 0 Å². The summed E-state index contributed by atoms with van der Waals surface area (Å²) in [7, 11) is 4.24. The molecule has 2 heteroatoms. The van der Waals surface area contributed by atoms with Gasteiger partial charge in [-0.1, -0.05) is 31.0 Å². The molecule has 1 aromatic rings.